The van der Waals surface area contributed by atoms with Crippen LogP contribution in [0.3, 0.4) is 0 Å². The molecule has 0 aromatic heterocycles. The first-order valence-corrected chi connectivity index (χ1v) is 0.785. The fourth-order valence-electron chi connectivity index (χ4n) is 0.0192. The lowest BCUT2D eigenvalue weighted by Crippen LogP contribution is -1.92. The highest BCUT2D eigenvalue weighted by Gasteiger charge is 1.50. The van der Waals surface area contributed by atoms with E-state index in [4.69, 9.17) is 5.53 Å². The second kappa shape index (κ2) is 3.32. The standard InChI is InChI=1S/H2N3O2/c1-3-5-4-2/h2H2/q-1. The fraction of sp³-hybridized carbons (Fsp3) is 0. The third-order valence-corrected chi connectivity index (χ3v) is 0.0764. The largest absolute Gasteiger partial charge is 0.667 e. The second-order valence-corrected chi connectivity index (χ2v) is 0.252. The Kier molecular flexibility index (Phi) is 2.87. The topological polar surface area (TPSA) is 79.1 Å². The predicted octanol–water partition coefficient (Wildman–Crippen LogP) is -0.255. The van der Waals surface area contributed by atoms with Crippen molar-refractivity contribution in [3.63, 3.8) is 0 Å². The van der Waals surface area contributed by atoms with Gasteiger partial charge in [0.1, 0.15) is 0 Å². The molecule has 0 spiro atoms. The Morgan fingerprint density at radius 2 is 2.40 bits per heavy atom. The lowest BCUT2D eigenvalue weighted by molar-refractivity contribution is -0.302. The Hall–Kier alpha value is -0.680. The van der Waals surface area contributed by atoms with Crippen molar-refractivity contribution < 1.29 is 9.98 Å². The molecule has 5 heavy (non-hydrogen) atoms. The van der Waals surface area contributed by atoms with E-state index in [1.807, 2.05) is 5.28 Å². The van der Waals surface area contributed by atoms with Crippen LogP contribution in [0.5, 0.6) is 0 Å². The normalized spacial score (nSPS) is 6.60. The third-order valence-electron chi connectivity index (χ3n) is 0.0764. The molecule has 0 aliphatic rings. The molecule has 5 nitrogen and oxygen atoms in total. The molecule has 0 aliphatic heterocycles. The van der Waals surface area contributed by atoms with E-state index in [0.29, 0.717) is 0 Å². The van der Waals surface area contributed by atoms with Gasteiger partial charge in [-0.1, -0.05) is 4.99 Å². The van der Waals surface area contributed by atoms with Gasteiger partial charge < -0.3 is 5.53 Å². The minimum Gasteiger partial charge on any atom is -0.667 e. The molecular formula is H2N3O2-. The van der Waals surface area contributed by atoms with Gasteiger partial charge in [0.25, 0.3) is 0 Å². The maximum atomic E-state index is 7.26. The molecule has 0 atom stereocenters. The molecule has 0 saturated heterocycles. The predicted molar refractivity (Wildman–Crippen MR) is 12.1 cm³/mol. The molecule has 0 aromatic carbocycles. The van der Waals surface area contributed by atoms with Crippen molar-refractivity contribution in [1.29, 1.82) is 0 Å². The molecule has 0 saturated carbocycles. The van der Waals surface area contributed by atoms with Crippen molar-refractivity contribution >= 4 is 0 Å². The van der Waals surface area contributed by atoms with Crippen molar-refractivity contribution in [2.45, 2.75) is 0 Å². The minimum absolute atomic E-state index is 2.01. The van der Waals surface area contributed by atoms with Crippen LogP contribution in [-0.4, -0.2) is 0 Å². The number of nitrogens with two attached hydrogens (primary N) is 1. The molecule has 5 heteroatoms. The Balaban J connectivity index is 2.40. The van der Waals surface area contributed by atoms with Gasteiger partial charge in [0.15, 0.2) is 0 Å². The van der Waals surface area contributed by atoms with Crippen molar-refractivity contribution in [3.05, 3.63) is 5.53 Å². The van der Waals surface area contributed by atoms with Gasteiger partial charge in [-0.05, 0) is 0 Å². The summed E-state index contributed by atoms with van der Waals surface area (Å²) in [6.07, 6.45) is 0. The lowest BCUT2D eigenvalue weighted by Gasteiger charge is -1.86. The molecule has 0 amide bonds. The van der Waals surface area contributed by atoms with Gasteiger partial charge in [-0.3, -0.25) is 0 Å². The maximum absolute atomic E-state index is 7.26. The van der Waals surface area contributed by atoms with E-state index in [2.05, 4.69) is 15.9 Å². The van der Waals surface area contributed by atoms with Crippen molar-refractivity contribution in [1.82, 2.24) is 0 Å². The second-order valence-electron chi connectivity index (χ2n) is 0.252. The molecule has 2 N–H and O–H groups in total. The van der Waals surface area contributed by atoms with Crippen LogP contribution in [0.4, 0.5) is 0 Å². The molecule has 0 aliphatic carbocycles. The number of rotatable bonds is 2. The van der Waals surface area contributed by atoms with Crippen LogP contribution in [-0.2, 0) is 9.98 Å². The molecule has 0 heterocycles. The quantitative estimate of drug-likeness (QED) is 0.279. The molecule has 0 unspecified atom stereocenters. The average molecular weight is 76.0 g/mol. The summed E-state index contributed by atoms with van der Waals surface area (Å²) in [5.41, 5.74) is 7.26. The van der Waals surface area contributed by atoms with Crippen LogP contribution in [0.1, 0.15) is 0 Å². The summed E-state index contributed by atoms with van der Waals surface area (Å²) < 4.78 is 0. The zero-order chi connectivity index (χ0) is 4.12. The van der Waals surface area contributed by atoms with Crippen LogP contribution in [0, 0.1) is 0 Å². The van der Waals surface area contributed by atoms with E-state index in [1.165, 1.54) is 0 Å². The monoisotopic (exact) mass is 76.0 g/mol. The SMILES string of the molecule is [N-]=NOON. The van der Waals surface area contributed by atoms with Crippen LogP contribution in [0.2, 0.25) is 0 Å². The smallest absolute Gasteiger partial charge is 0.0726 e. The van der Waals surface area contributed by atoms with Gasteiger partial charge in [0.2, 0.25) is 0 Å². The molecule has 30 valence electrons. The van der Waals surface area contributed by atoms with Gasteiger partial charge in [-0.25, -0.2) is 4.99 Å². The first-order valence-electron chi connectivity index (χ1n) is 0.785. The van der Waals surface area contributed by atoms with E-state index >= 15 is 0 Å². The minimum atomic E-state index is 2.01. The van der Waals surface area contributed by atoms with Gasteiger partial charge in [0.05, 0.1) is 0 Å². The Morgan fingerprint density at radius 3 is 2.40 bits per heavy atom. The van der Waals surface area contributed by atoms with Gasteiger partial charge in [-0.15, -0.1) is 0 Å². The van der Waals surface area contributed by atoms with Gasteiger partial charge >= 0.3 is 0 Å². The fourth-order valence-corrected chi connectivity index (χ4v) is 0.0192. The number of nitrogens with zero attached hydrogens (tertiary/aromatic N) is 2. The van der Waals surface area contributed by atoms with Crippen molar-refractivity contribution in [2.24, 2.45) is 11.2 Å². The first kappa shape index (κ1) is 4.32. The highest BCUT2D eigenvalue weighted by molar-refractivity contribution is 3.86. The summed E-state index contributed by atoms with van der Waals surface area (Å²) in [7, 11) is 0. The number of hydrogen-bond acceptors (Lipinski definition) is 4. The van der Waals surface area contributed by atoms with Crippen LogP contribution < -0.4 is 5.90 Å². The molecule has 0 fully saturated rings. The Bertz CT molecular complexity index is 26.1. The van der Waals surface area contributed by atoms with Crippen molar-refractivity contribution in [2.75, 3.05) is 0 Å². The van der Waals surface area contributed by atoms with E-state index in [-0.39, 0.29) is 0 Å². The van der Waals surface area contributed by atoms with Crippen LogP contribution >= 0.6 is 0 Å². The summed E-state index contributed by atoms with van der Waals surface area (Å²) in [6, 6.07) is 0. The highest BCUT2D eigenvalue weighted by atomic mass is 17.3. The molecule has 0 radical (unpaired) electrons. The molecule has 0 rings (SSSR count). The Labute approximate surface area is 28.0 Å². The summed E-state index contributed by atoms with van der Waals surface area (Å²) in [4.78, 5) is 6.57. The van der Waals surface area contributed by atoms with Crippen LogP contribution in [0.15, 0.2) is 5.28 Å². The molecule has 0 bridgehead atoms. The van der Waals surface area contributed by atoms with Crippen LogP contribution in [0.25, 0.3) is 5.53 Å². The maximum Gasteiger partial charge on any atom is -0.0726 e. The van der Waals surface area contributed by atoms with Gasteiger partial charge in [0, 0.05) is 0 Å². The summed E-state index contributed by atoms with van der Waals surface area (Å²) >= 11 is 0. The lowest BCUT2D eigenvalue weighted by atomic mass is 13.1. The number of hydrogen-bond donors (Lipinski definition) is 1. The zero-order valence-electron chi connectivity index (χ0n) is 2.29. The van der Waals surface area contributed by atoms with Crippen molar-refractivity contribution in [3.8, 4) is 0 Å². The average Bonchev–Trinajstić information content (AvgIpc) is 1.41. The van der Waals surface area contributed by atoms with E-state index in [1.54, 1.807) is 0 Å². The van der Waals surface area contributed by atoms with Gasteiger partial charge in [-0.2, -0.15) is 11.2 Å². The summed E-state index contributed by atoms with van der Waals surface area (Å²) in [5.74, 6) is 4.16. The summed E-state index contributed by atoms with van der Waals surface area (Å²) in [5, 5.41) is 2.01. The zero-order valence-corrected chi connectivity index (χ0v) is 2.29. The first-order chi connectivity index (χ1) is 2.41. The third kappa shape index (κ3) is 3.32. The molecule has 0 aromatic rings. The highest BCUT2D eigenvalue weighted by Crippen LogP contribution is 1.63. The Morgan fingerprint density at radius 1 is 1.80 bits per heavy atom. The van der Waals surface area contributed by atoms with E-state index in [9.17, 15) is 0 Å². The molecular weight excluding hydrogens is 74.0 g/mol. The van der Waals surface area contributed by atoms with E-state index < -0.39 is 0 Å². The van der Waals surface area contributed by atoms with E-state index in [0.717, 1.165) is 0 Å². The summed E-state index contributed by atoms with van der Waals surface area (Å²) in [6.45, 7) is 0.